The summed E-state index contributed by atoms with van der Waals surface area (Å²) in [6, 6.07) is 11.2. The number of ether oxygens (including phenoxy) is 2. The van der Waals surface area contributed by atoms with E-state index in [0.29, 0.717) is 22.6 Å². The lowest BCUT2D eigenvalue weighted by Crippen LogP contribution is -2.15. The third kappa shape index (κ3) is 3.21. The fraction of sp³-hybridized carbons (Fsp3) is 0.381. The predicted molar refractivity (Wildman–Crippen MR) is 98.6 cm³/mol. The molecule has 0 bridgehead atoms. The molecule has 4 heteroatoms. The van der Waals surface area contributed by atoms with Crippen molar-refractivity contribution in [1.82, 2.24) is 0 Å². The van der Waals surface area contributed by atoms with Gasteiger partial charge < -0.3 is 13.9 Å². The van der Waals surface area contributed by atoms with Crippen molar-refractivity contribution in [3.63, 3.8) is 0 Å². The third-order valence-electron chi connectivity index (χ3n) is 5.10. The summed E-state index contributed by atoms with van der Waals surface area (Å²) in [4.78, 5) is 12.3. The zero-order chi connectivity index (χ0) is 17.2. The SMILES string of the molecule is COc1ccc2c(c1)c(=O)oc1cc(OCC3CCCCC3)ccc12. The molecule has 0 atom stereocenters. The first-order valence-electron chi connectivity index (χ1n) is 8.92. The summed E-state index contributed by atoms with van der Waals surface area (Å²) < 4.78 is 16.7. The molecule has 1 aromatic heterocycles. The van der Waals surface area contributed by atoms with Gasteiger partial charge in [-0.3, -0.25) is 0 Å². The van der Waals surface area contributed by atoms with E-state index in [1.807, 2.05) is 30.3 Å². The fourth-order valence-corrected chi connectivity index (χ4v) is 3.68. The van der Waals surface area contributed by atoms with Crippen LogP contribution in [0.3, 0.4) is 0 Å². The van der Waals surface area contributed by atoms with Gasteiger partial charge in [0.15, 0.2) is 0 Å². The van der Waals surface area contributed by atoms with Gasteiger partial charge in [-0.25, -0.2) is 4.79 Å². The van der Waals surface area contributed by atoms with E-state index in [4.69, 9.17) is 13.9 Å². The molecule has 0 aliphatic heterocycles. The molecule has 0 N–H and O–H groups in total. The number of fused-ring (bicyclic) bond motifs is 3. The lowest BCUT2D eigenvalue weighted by Gasteiger charge is -2.21. The van der Waals surface area contributed by atoms with Gasteiger partial charge in [-0.05, 0) is 49.1 Å². The molecular formula is C21H22O4. The molecule has 4 rings (SSSR count). The van der Waals surface area contributed by atoms with Crippen molar-refractivity contribution in [2.75, 3.05) is 13.7 Å². The van der Waals surface area contributed by atoms with E-state index in [-0.39, 0.29) is 5.63 Å². The Bertz CT molecular complexity index is 951. The molecule has 2 aromatic carbocycles. The van der Waals surface area contributed by atoms with Crippen LogP contribution in [0.25, 0.3) is 21.7 Å². The van der Waals surface area contributed by atoms with Gasteiger partial charge in [0.1, 0.15) is 17.1 Å². The second-order valence-corrected chi connectivity index (χ2v) is 6.77. The normalized spacial score (nSPS) is 15.6. The molecule has 25 heavy (non-hydrogen) atoms. The summed E-state index contributed by atoms with van der Waals surface area (Å²) in [7, 11) is 1.58. The number of methoxy groups -OCH3 is 1. The molecular weight excluding hydrogens is 316 g/mol. The van der Waals surface area contributed by atoms with Crippen LogP contribution in [-0.4, -0.2) is 13.7 Å². The Morgan fingerprint density at radius 3 is 2.52 bits per heavy atom. The highest BCUT2D eigenvalue weighted by atomic mass is 16.5. The molecule has 130 valence electrons. The Kier molecular flexibility index (Phi) is 4.35. The van der Waals surface area contributed by atoms with Gasteiger partial charge in [0.25, 0.3) is 0 Å². The van der Waals surface area contributed by atoms with E-state index < -0.39 is 0 Å². The second-order valence-electron chi connectivity index (χ2n) is 6.77. The average Bonchev–Trinajstić information content (AvgIpc) is 2.67. The first-order valence-corrected chi connectivity index (χ1v) is 8.92. The lowest BCUT2D eigenvalue weighted by atomic mass is 9.90. The Balaban J connectivity index is 1.66. The number of rotatable bonds is 4. The molecule has 4 nitrogen and oxygen atoms in total. The summed E-state index contributed by atoms with van der Waals surface area (Å²) in [6.45, 7) is 0.737. The van der Waals surface area contributed by atoms with Crippen LogP contribution in [0, 0.1) is 5.92 Å². The van der Waals surface area contributed by atoms with Gasteiger partial charge in [-0.1, -0.05) is 19.3 Å². The van der Waals surface area contributed by atoms with Crippen molar-refractivity contribution >= 4 is 21.7 Å². The standard InChI is InChI=1S/C21H22O4/c1-23-15-7-9-17-18-10-8-16(24-13-14-5-3-2-4-6-14)12-20(18)25-21(22)19(17)11-15/h7-12,14H,2-6,13H2,1H3. The Hall–Kier alpha value is -2.49. The van der Waals surface area contributed by atoms with Gasteiger partial charge in [0.05, 0.1) is 19.1 Å². The van der Waals surface area contributed by atoms with E-state index in [0.717, 1.165) is 23.1 Å². The van der Waals surface area contributed by atoms with Crippen molar-refractivity contribution in [1.29, 1.82) is 0 Å². The maximum atomic E-state index is 12.3. The van der Waals surface area contributed by atoms with Crippen molar-refractivity contribution in [2.45, 2.75) is 32.1 Å². The highest BCUT2D eigenvalue weighted by molar-refractivity contribution is 6.04. The highest BCUT2D eigenvalue weighted by Gasteiger charge is 2.15. The van der Waals surface area contributed by atoms with Crippen molar-refractivity contribution in [3.05, 3.63) is 46.8 Å². The monoisotopic (exact) mass is 338 g/mol. The molecule has 0 saturated heterocycles. The number of hydrogen-bond acceptors (Lipinski definition) is 4. The minimum Gasteiger partial charge on any atom is -0.497 e. The van der Waals surface area contributed by atoms with Crippen LogP contribution in [0.15, 0.2) is 45.6 Å². The van der Waals surface area contributed by atoms with Crippen LogP contribution >= 0.6 is 0 Å². The van der Waals surface area contributed by atoms with E-state index in [1.165, 1.54) is 32.1 Å². The number of hydrogen-bond donors (Lipinski definition) is 0. The van der Waals surface area contributed by atoms with Crippen LogP contribution in [0.4, 0.5) is 0 Å². The molecule has 1 saturated carbocycles. The van der Waals surface area contributed by atoms with E-state index in [2.05, 4.69) is 0 Å². The molecule has 1 fully saturated rings. The molecule has 1 heterocycles. The summed E-state index contributed by atoms with van der Waals surface area (Å²) in [5.74, 6) is 2.04. The number of benzene rings is 2. The Morgan fingerprint density at radius 2 is 1.72 bits per heavy atom. The molecule has 1 aliphatic rings. The van der Waals surface area contributed by atoms with Gasteiger partial charge in [-0.2, -0.15) is 0 Å². The maximum Gasteiger partial charge on any atom is 0.344 e. The minimum absolute atomic E-state index is 0.356. The summed E-state index contributed by atoms with van der Waals surface area (Å²) >= 11 is 0. The van der Waals surface area contributed by atoms with E-state index in [9.17, 15) is 4.79 Å². The van der Waals surface area contributed by atoms with Crippen LogP contribution in [0.1, 0.15) is 32.1 Å². The van der Waals surface area contributed by atoms with E-state index in [1.54, 1.807) is 13.2 Å². The molecule has 1 aliphatic carbocycles. The van der Waals surface area contributed by atoms with Crippen molar-refractivity contribution < 1.29 is 13.9 Å². The first kappa shape index (κ1) is 16.0. The predicted octanol–water partition coefficient (Wildman–Crippen LogP) is 4.91. The van der Waals surface area contributed by atoms with E-state index >= 15 is 0 Å². The Morgan fingerprint density at radius 1 is 0.960 bits per heavy atom. The smallest absolute Gasteiger partial charge is 0.344 e. The van der Waals surface area contributed by atoms with Crippen molar-refractivity contribution in [2.24, 2.45) is 5.92 Å². The lowest BCUT2D eigenvalue weighted by molar-refractivity contribution is 0.209. The van der Waals surface area contributed by atoms with Gasteiger partial charge in [0, 0.05) is 16.8 Å². The van der Waals surface area contributed by atoms with Crippen molar-refractivity contribution in [3.8, 4) is 11.5 Å². The molecule has 0 unspecified atom stereocenters. The Labute approximate surface area is 146 Å². The summed E-state index contributed by atoms with van der Waals surface area (Å²) in [6.07, 6.45) is 6.44. The van der Waals surface area contributed by atoms with Crippen LogP contribution < -0.4 is 15.1 Å². The van der Waals surface area contributed by atoms with Crippen LogP contribution in [0.5, 0.6) is 11.5 Å². The zero-order valence-electron chi connectivity index (χ0n) is 14.4. The molecule has 0 amide bonds. The van der Waals surface area contributed by atoms with Crippen LogP contribution in [0.2, 0.25) is 0 Å². The zero-order valence-corrected chi connectivity index (χ0v) is 14.4. The average molecular weight is 338 g/mol. The summed E-state index contributed by atoms with van der Waals surface area (Å²) in [5, 5.41) is 2.30. The largest absolute Gasteiger partial charge is 0.497 e. The quantitative estimate of drug-likeness (QED) is 0.501. The van der Waals surface area contributed by atoms with Gasteiger partial charge in [0.2, 0.25) is 0 Å². The third-order valence-corrected chi connectivity index (χ3v) is 5.10. The molecule has 3 aromatic rings. The first-order chi connectivity index (χ1) is 12.2. The molecule has 0 radical (unpaired) electrons. The van der Waals surface area contributed by atoms with Gasteiger partial charge >= 0.3 is 5.63 Å². The molecule has 0 spiro atoms. The van der Waals surface area contributed by atoms with Gasteiger partial charge in [-0.15, -0.1) is 0 Å². The maximum absolute atomic E-state index is 12.3. The van der Waals surface area contributed by atoms with Crippen LogP contribution in [-0.2, 0) is 0 Å². The second kappa shape index (κ2) is 6.79. The highest BCUT2D eigenvalue weighted by Crippen LogP contribution is 2.29. The fourth-order valence-electron chi connectivity index (χ4n) is 3.68. The summed E-state index contributed by atoms with van der Waals surface area (Å²) in [5.41, 5.74) is 0.203. The topological polar surface area (TPSA) is 48.7 Å². The minimum atomic E-state index is -0.356.